The predicted molar refractivity (Wildman–Crippen MR) is 42.6 cm³/mol. The number of carbonyl (C=O) groups is 2. The molecular formula is C6H5NO4S. The molecule has 0 aliphatic carbocycles. The Balaban J connectivity index is 3.22. The minimum atomic E-state index is -1.21. The lowest BCUT2D eigenvalue weighted by Crippen LogP contribution is -2.03. The van der Waals surface area contributed by atoms with Gasteiger partial charge >= 0.3 is 11.9 Å². The molecule has 1 heterocycles. The lowest BCUT2D eigenvalue weighted by atomic mass is 10.2. The molecule has 0 fully saturated rings. The molecule has 0 spiro atoms. The van der Waals surface area contributed by atoms with Gasteiger partial charge < -0.3 is 15.9 Å². The quantitative estimate of drug-likeness (QED) is 0.633. The smallest absolute Gasteiger partial charge is 0.348 e. The zero-order valence-corrected chi connectivity index (χ0v) is 6.59. The molecule has 1 rings (SSSR count). The van der Waals surface area contributed by atoms with Crippen LogP contribution >= 0.6 is 11.3 Å². The van der Waals surface area contributed by atoms with Crippen molar-refractivity contribution in [2.24, 2.45) is 0 Å². The fourth-order valence-electron chi connectivity index (χ4n) is 0.698. The van der Waals surface area contributed by atoms with Crippen LogP contribution in [0.4, 0.5) is 5.69 Å². The lowest BCUT2D eigenvalue weighted by molar-refractivity contribution is 0.0696. The predicted octanol–water partition coefficient (Wildman–Crippen LogP) is 0.727. The topological polar surface area (TPSA) is 101 Å². The zero-order valence-electron chi connectivity index (χ0n) is 5.77. The Kier molecular flexibility index (Phi) is 2.01. The van der Waals surface area contributed by atoms with Gasteiger partial charge in [0.05, 0.1) is 11.3 Å². The Morgan fingerprint density at radius 2 is 1.92 bits per heavy atom. The van der Waals surface area contributed by atoms with E-state index in [0.29, 0.717) is 0 Å². The van der Waals surface area contributed by atoms with Crippen LogP contribution in [0.1, 0.15) is 20.0 Å². The molecule has 1 aromatic rings. The second-order valence-electron chi connectivity index (χ2n) is 2.00. The van der Waals surface area contributed by atoms with Gasteiger partial charge in [-0.2, -0.15) is 0 Å². The monoisotopic (exact) mass is 187 g/mol. The van der Waals surface area contributed by atoms with E-state index in [9.17, 15) is 9.59 Å². The molecule has 0 saturated carbocycles. The third-order valence-electron chi connectivity index (χ3n) is 1.25. The fraction of sp³-hybridized carbons (Fsp3) is 0. The van der Waals surface area contributed by atoms with Crippen LogP contribution in [0, 0.1) is 0 Å². The molecule has 0 radical (unpaired) electrons. The van der Waals surface area contributed by atoms with Gasteiger partial charge in [0.15, 0.2) is 0 Å². The van der Waals surface area contributed by atoms with Crippen molar-refractivity contribution in [2.75, 3.05) is 5.73 Å². The van der Waals surface area contributed by atoms with E-state index in [1.807, 2.05) is 0 Å². The molecule has 1 aromatic heterocycles. The van der Waals surface area contributed by atoms with E-state index in [4.69, 9.17) is 15.9 Å². The summed E-state index contributed by atoms with van der Waals surface area (Å²) in [6.07, 6.45) is 0. The van der Waals surface area contributed by atoms with Crippen molar-refractivity contribution < 1.29 is 19.8 Å². The maximum atomic E-state index is 10.4. The summed E-state index contributed by atoms with van der Waals surface area (Å²) in [5.41, 5.74) is 4.92. The third kappa shape index (κ3) is 1.24. The largest absolute Gasteiger partial charge is 0.478 e. The van der Waals surface area contributed by atoms with Crippen molar-refractivity contribution in [1.82, 2.24) is 0 Å². The molecule has 5 nitrogen and oxygen atoms in total. The summed E-state index contributed by atoms with van der Waals surface area (Å²) in [6.45, 7) is 0. The summed E-state index contributed by atoms with van der Waals surface area (Å²) >= 11 is 0.807. The summed E-state index contributed by atoms with van der Waals surface area (Å²) in [4.78, 5) is 20.7. The Labute approximate surface area is 71.1 Å². The van der Waals surface area contributed by atoms with Gasteiger partial charge in [-0.1, -0.05) is 0 Å². The summed E-state index contributed by atoms with van der Waals surface area (Å²) in [6, 6.07) is 0. The van der Waals surface area contributed by atoms with Gasteiger partial charge in [0.1, 0.15) is 4.88 Å². The minimum Gasteiger partial charge on any atom is -0.478 e. The number of aromatic carboxylic acids is 2. The average Bonchev–Trinajstić information content (AvgIpc) is 2.30. The van der Waals surface area contributed by atoms with Gasteiger partial charge in [0.2, 0.25) is 0 Å². The van der Waals surface area contributed by atoms with E-state index in [0.717, 1.165) is 11.3 Å². The molecule has 0 unspecified atom stereocenters. The first-order valence-corrected chi connectivity index (χ1v) is 3.75. The van der Waals surface area contributed by atoms with Gasteiger partial charge in [-0.15, -0.1) is 11.3 Å². The van der Waals surface area contributed by atoms with Crippen molar-refractivity contribution in [3.63, 3.8) is 0 Å². The van der Waals surface area contributed by atoms with Crippen LogP contribution in [0.5, 0.6) is 0 Å². The lowest BCUT2D eigenvalue weighted by Gasteiger charge is -1.92. The Morgan fingerprint density at radius 3 is 2.17 bits per heavy atom. The van der Waals surface area contributed by atoms with Gasteiger partial charge in [-0.05, 0) is 0 Å². The standard InChI is InChI=1S/C6H5NO4S/c7-3-2(5(8)9)1-12-4(3)6(10)11/h1H,7H2,(H,8,9)(H,10,11). The fourth-order valence-corrected chi connectivity index (χ4v) is 1.50. The maximum Gasteiger partial charge on any atom is 0.348 e. The van der Waals surface area contributed by atoms with Crippen LogP contribution in [-0.4, -0.2) is 22.2 Å². The number of carboxylic acid groups (broad SMARTS) is 2. The molecule has 0 atom stereocenters. The first-order chi connectivity index (χ1) is 5.54. The minimum absolute atomic E-state index is 0.132. The second-order valence-corrected chi connectivity index (χ2v) is 2.88. The Hall–Kier alpha value is -1.56. The normalized spacial score (nSPS) is 9.67. The number of thiophene rings is 1. The van der Waals surface area contributed by atoms with Crippen LogP contribution in [0.2, 0.25) is 0 Å². The van der Waals surface area contributed by atoms with Gasteiger partial charge in [-0.25, -0.2) is 9.59 Å². The van der Waals surface area contributed by atoms with Crippen molar-refractivity contribution in [3.8, 4) is 0 Å². The molecule has 0 aliphatic heterocycles. The molecule has 0 aromatic carbocycles. The summed E-state index contributed by atoms with van der Waals surface area (Å²) in [5.74, 6) is -2.42. The molecule has 0 bridgehead atoms. The van der Waals surface area contributed by atoms with Gasteiger partial charge in [0, 0.05) is 5.38 Å². The first-order valence-electron chi connectivity index (χ1n) is 2.87. The SMILES string of the molecule is Nc1c(C(=O)O)csc1C(=O)O. The highest BCUT2D eigenvalue weighted by atomic mass is 32.1. The molecule has 0 amide bonds. The number of anilines is 1. The van der Waals surface area contributed by atoms with E-state index in [1.54, 1.807) is 0 Å². The second kappa shape index (κ2) is 2.82. The maximum absolute atomic E-state index is 10.4. The van der Waals surface area contributed by atoms with Crippen molar-refractivity contribution in [2.45, 2.75) is 0 Å². The first kappa shape index (κ1) is 8.54. The number of nitrogen functional groups attached to an aromatic ring is 1. The number of carboxylic acids is 2. The van der Waals surface area contributed by atoms with E-state index < -0.39 is 11.9 Å². The van der Waals surface area contributed by atoms with Crippen molar-refractivity contribution in [3.05, 3.63) is 15.8 Å². The highest BCUT2D eigenvalue weighted by molar-refractivity contribution is 7.13. The summed E-state index contributed by atoms with van der Waals surface area (Å²) < 4.78 is 0. The van der Waals surface area contributed by atoms with Crippen LogP contribution in [-0.2, 0) is 0 Å². The van der Waals surface area contributed by atoms with Crippen molar-refractivity contribution in [1.29, 1.82) is 0 Å². The van der Waals surface area contributed by atoms with Crippen LogP contribution in [0.3, 0.4) is 0 Å². The zero-order chi connectivity index (χ0) is 9.30. The van der Waals surface area contributed by atoms with Gasteiger partial charge in [-0.3, -0.25) is 0 Å². The number of nitrogens with two attached hydrogens (primary N) is 1. The summed E-state index contributed by atoms with van der Waals surface area (Å²) in [5, 5.41) is 18.2. The molecule has 0 aliphatic rings. The van der Waals surface area contributed by atoms with Gasteiger partial charge in [0.25, 0.3) is 0 Å². The Bertz CT molecular complexity index is 312. The number of rotatable bonds is 2. The molecule has 6 heteroatoms. The molecule has 4 N–H and O–H groups in total. The molecule has 64 valence electrons. The highest BCUT2D eigenvalue weighted by Gasteiger charge is 2.18. The molecule has 0 saturated heterocycles. The third-order valence-corrected chi connectivity index (χ3v) is 2.24. The highest BCUT2D eigenvalue weighted by Crippen LogP contribution is 2.24. The van der Waals surface area contributed by atoms with E-state index >= 15 is 0 Å². The summed E-state index contributed by atoms with van der Waals surface area (Å²) in [7, 11) is 0. The van der Waals surface area contributed by atoms with Crippen molar-refractivity contribution >= 4 is 29.0 Å². The van der Waals surface area contributed by atoms with E-state index in [1.165, 1.54) is 5.38 Å². The number of hydrogen-bond donors (Lipinski definition) is 3. The molecule has 12 heavy (non-hydrogen) atoms. The number of hydrogen-bond acceptors (Lipinski definition) is 4. The average molecular weight is 187 g/mol. The van der Waals surface area contributed by atoms with Crippen LogP contribution < -0.4 is 5.73 Å². The van der Waals surface area contributed by atoms with Crippen LogP contribution in [0.25, 0.3) is 0 Å². The van der Waals surface area contributed by atoms with E-state index in [-0.39, 0.29) is 16.1 Å². The van der Waals surface area contributed by atoms with E-state index in [2.05, 4.69) is 0 Å². The molecular weight excluding hydrogens is 182 g/mol. The Morgan fingerprint density at radius 1 is 1.33 bits per heavy atom. The van der Waals surface area contributed by atoms with Crippen LogP contribution in [0.15, 0.2) is 5.38 Å².